The molecule has 4 N–H and O–H groups in total. The summed E-state index contributed by atoms with van der Waals surface area (Å²) in [7, 11) is 0. The van der Waals surface area contributed by atoms with E-state index in [-0.39, 0.29) is 57.7 Å². The first-order valence-electron chi connectivity index (χ1n) is 15.3. The lowest BCUT2D eigenvalue weighted by Crippen LogP contribution is -2.48. The van der Waals surface area contributed by atoms with Crippen LogP contribution in [0.3, 0.4) is 0 Å². The Morgan fingerprint density at radius 1 is 0.872 bits per heavy atom. The highest BCUT2D eigenvalue weighted by molar-refractivity contribution is 5.93. The van der Waals surface area contributed by atoms with E-state index in [4.69, 9.17) is 10.5 Å². The fourth-order valence-electron chi connectivity index (χ4n) is 5.85. The van der Waals surface area contributed by atoms with Crippen molar-refractivity contribution >= 4 is 29.7 Å². The third-order valence-electron chi connectivity index (χ3n) is 8.33. The second-order valence-corrected chi connectivity index (χ2v) is 11.6. The Balaban J connectivity index is 1.26. The van der Waals surface area contributed by atoms with Crippen molar-refractivity contribution in [1.82, 2.24) is 25.6 Å². The smallest absolute Gasteiger partial charge is 0.408 e. The topological polar surface area (TPSA) is 154 Å². The second kappa shape index (κ2) is 15.3. The number of hydrazine groups is 1. The number of carbonyl (C=O) groups is 5. The number of benzene rings is 3. The summed E-state index contributed by atoms with van der Waals surface area (Å²) >= 11 is 0. The predicted molar refractivity (Wildman–Crippen MR) is 167 cm³/mol. The monoisotopic (exact) mass is 644 g/mol. The lowest BCUT2D eigenvalue weighted by molar-refractivity contribution is -0.141. The van der Waals surface area contributed by atoms with Gasteiger partial charge >= 0.3 is 6.09 Å². The van der Waals surface area contributed by atoms with Crippen molar-refractivity contribution in [2.45, 2.75) is 38.5 Å². The van der Waals surface area contributed by atoms with Crippen LogP contribution >= 0.6 is 0 Å². The van der Waals surface area contributed by atoms with Crippen molar-refractivity contribution in [1.29, 1.82) is 0 Å². The summed E-state index contributed by atoms with van der Waals surface area (Å²) in [4.78, 5) is 68.0. The number of carbonyl (C=O) groups excluding carboxylic acids is 5. The van der Waals surface area contributed by atoms with Gasteiger partial charge in [-0.3, -0.25) is 29.5 Å². The van der Waals surface area contributed by atoms with E-state index in [1.165, 1.54) is 22.0 Å². The largest absolute Gasteiger partial charge is 0.445 e. The van der Waals surface area contributed by atoms with Gasteiger partial charge in [-0.1, -0.05) is 72.8 Å². The highest BCUT2D eigenvalue weighted by Gasteiger charge is 2.46. The Morgan fingerprint density at radius 3 is 2.19 bits per heavy atom. The molecule has 3 atom stereocenters. The minimum absolute atomic E-state index is 0.0299. The van der Waals surface area contributed by atoms with Crippen molar-refractivity contribution in [3.05, 3.63) is 107 Å². The summed E-state index contributed by atoms with van der Waals surface area (Å²) in [5.41, 5.74) is 10.4. The van der Waals surface area contributed by atoms with Crippen LogP contribution in [0, 0.1) is 17.7 Å². The lowest BCUT2D eigenvalue weighted by atomic mass is 9.90. The van der Waals surface area contributed by atoms with Gasteiger partial charge in [-0.2, -0.15) is 0 Å². The number of hydrogen-bond donors (Lipinski definition) is 3. The zero-order valence-electron chi connectivity index (χ0n) is 25.7. The first-order valence-corrected chi connectivity index (χ1v) is 15.3. The number of rotatable bonds is 13. The molecule has 0 unspecified atom stereocenters. The van der Waals surface area contributed by atoms with Gasteiger partial charge in [-0.25, -0.2) is 14.2 Å². The second-order valence-electron chi connectivity index (χ2n) is 11.6. The Bertz CT molecular complexity index is 1570. The summed E-state index contributed by atoms with van der Waals surface area (Å²) in [5, 5.41) is 3.87. The molecule has 5 rings (SSSR count). The fourth-order valence-corrected chi connectivity index (χ4v) is 5.85. The van der Waals surface area contributed by atoms with E-state index in [1.807, 2.05) is 60.7 Å². The molecule has 47 heavy (non-hydrogen) atoms. The van der Waals surface area contributed by atoms with Crippen molar-refractivity contribution in [3.8, 4) is 0 Å². The molecular weight excluding hydrogens is 607 g/mol. The van der Waals surface area contributed by atoms with Gasteiger partial charge in [0.1, 0.15) is 12.4 Å². The van der Waals surface area contributed by atoms with E-state index in [9.17, 15) is 28.4 Å². The van der Waals surface area contributed by atoms with Gasteiger partial charge < -0.3 is 20.7 Å². The molecule has 2 heterocycles. The Hall–Kier alpha value is -5.30. The van der Waals surface area contributed by atoms with E-state index >= 15 is 0 Å². The van der Waals surface area contributed by atoms with E-state index in [2.05, 4.69) is 10.7 Å². The number of ether oxygens (including phenoxy) is 1. The summed E-state index contributed by atoms with van der Waals surface area (Å²) < 4.78 is 18.7. The van der Waals surface area contributed by atoms with Crippen LogP contribution in [0.5, 0.6) is 0 Å². The minimum Gasteiger partial charge on any atom is -0.445 e. The summed E-state index contributed by atoms with van der Waals surface area (Å²) in [6.45, 7) is 0.207. The molecule has 13 heteroatoms. The van der Waals surface area contributed by atoms with Gasteiger partial charge in [0, 0.05) is 19.5 Å². The molecule has 0 aromatic heterocycles. The van der Waals surface area contributed by atoms with Crippen LogP contribution < -0.4 is 16.5 Å². The zero-order valence-corrected chi connectivity index (χ0v) is 25.7. The van der Waals surface area contributed by atoms with E-state index in [0.717, 1.165) is 11.1 Å². The number of primary amides is 1. The van der Waals surface area contributed by atoms with E-state index < -0.39 is 41.6 Å². The summed E-state index contributed by atoms with van der Waals surface area (Å²) in [5.74, 6) is -3.99. The molecule has 3 aromatic carbocycles. The molecule has 2 fully saturated rings. The number of likely N-dealkylation sites (tertiary alicyclic amines) is 1. The first kappa shape index (κ1) is 33.1. The van der Waals surface area contributed by atoms with Crippen LogP contribution in [0.4, 0.5) is 9.18 Å². The number of nitrogens with zero attached hydrogens (tertiary/aromatic N) is 3. The van der Waals surface area contributed by atoms with Crippen LogP contribution in [0.25, 0.3) is 0 Å². The molecule has 0 aliphatic carbocycles. The average Bonchev–Trinajstić information content (AvgIpc) is 3.54. The molecule has 2 aliphatic rings. The normalized spacial score (nSPS) is 19.6. The number of nitrogens with one attached hydrogen (secondary N) is 2. The summed E-state index contributed by atoms with van der Waals surface area (Å²) in [6.07, 6.45) is -0.365. The van der Waals surface area contributed by atoms with E-state index in [0.29, 0.717) is 12.0 Å². The first-order chi connectivity index (χ1) is 22.7. The predicted octanol–water partition coefficient (Wildman–Crippen LogP) is 2.29. The molecule has 0 radical (unpaired) electrons. The number of nitrogens with two attached hydrogens (primary N) is 1. The maximum Gasteiger partial charge on any atom is 0.408 e. The van der Waals surface area contributed by atoms with Gasteiger partial charge in [-0.15, -0.1) is 0 Å². The molecule has 0 bridgehead atoms. The standard InChI is InChI=1S/C34H37FN6O6/c35-26-13-11-24(12-14-26)18-39-19-28(27(32(39)44)15-16-30(36)42)31(43)38-41-22-40(29(33(41)45)17-23-7-3-1-4-8-23)21-37-34(46)47-20-25-9-5-2-6-10-25/h1-14,27-29H,15-22H2,(H2,36,42)(H,37,46)(H,38,43)/t27-,28+,29-/m1/s1. The molecule has 0 saturated carbocycles. The SMILES string of the molecule is NC(=O)CC[C@H]1C(=O)N(Cc2ccc(F)cc2)C[C@@H]1C(=O)NN1CN(CNC(=O)OCc2ccccc2)[C@H](Cc2ccccc2)C1=O. The van der Waals surface area contributed by atoms with Crippen molar-refractivity contribution in [3.63, 3.8) is 0 Å². The Morgan fingerprint density at radius 2 is 1.53 bits per heavy atom. The molecule has 0 spiro atoms. The summed E-state index contributed by atoms with van der Waals surface area (Å²) in [6, 6.07) is 23.6. The quantitative estimate of drug-likeness (QED) is 0.258. The Labute approximate surface area is 271 Å². The third-order valence-corrected chi connectivity index (χ3v) is 8.33. The number of alkyl carbamates (subject to hydrolysis) is 1. The molecule has 12 nitrogen and oxygen atoms in total. The van der Waals surface area contributed by atoms with Crippen LogP contribution in [-0.2, 0) is 43.5 Å². The van der Waals surface area contributed by atoms with Crippen molar-refractivity contribution in [2.75, 3.05) is 19.9 Å². The Kier molecular flexibility index (Phi) is 10.8. The van der Waals surface area contributed by atoms with E-state index in [1.54, 1.807) is 17.0 Å². The molecule has 2 saturated heterocycles. The molecule has 3 aromatic rings. The molecule has 5 amide bonds. The lowest BCUT2D eigenvalue weighted by Gasteiger charge is -2.23. The highest BCUT2D eigenvalue weighted by Crippen LogP contribution is 2.31. The van der Waals surface area contributed by atoms with Gasteiger partial charge in [0.15, 0.2) is 0 Å². The van der Waals surface area contributed by atoms with Crippen molar-refractivity contribution < 1.29 is 33.1 Å². The van der Waals surface area contributed by atoms with Gasteiger partial charge in [-0.05, 0) is 41.7 Å². The molecular formula is C34H37FN6O6. The van der Waals surface area contributed by atoms with Crippen LogP contribution in [0.2, 0.25) is 0 Å². The van der Waals surface area contributed by atoms with Gasteiger partial charge in [0.25, 0.3) is 5.91 Å². The van der Waals surface area contributed by atoms with Crippen LogP contribution in [0.1, 0.15) is 29.5 Å². The molecule has 246 valence electrons. The van der Waals surface area contributed by atoms with Crippen molar-refractivity contribution in [2.24, 2.45) is 17.6 Å². The number of hydrogen-bond acceptors (Lipinski definition) is 7. The van der Waals surface area contributed by atoms with Crippen LogP contribution in [-0.4, -0.2) is 70.5 Å². The minimum atomic E-state index is -0.872. The number of amides is 5. The maximum absolute atomic E-state index is 13.7. The maximum atomic E-state index is 13.7. The third kappa shape index (κ3) is 8.70. The van der Waals surface area contributed by atoms with Gasteiger partial charge in [0.2, 0.25) is 17.7 Å². The van der Waals surface area contributed by atoms with Crippen LogP contribution in [0.15, 0.2) is 84.9 Å². The highest BCUT2D eigenvalue weighted by atomic mass is 19.1. The number of halogens is 1. The average molecular weight is 645 g/mol. The van der Waals surface area contributed by atoms with Gasteiger partial charge in [0.05, 0.1) is 31.2 Å². The fraction of sp³-hybridized carbons (Fsp3) is 0.324. The zero-order chi connectivity index (χ0) is 33.3. The molecule has 2 aliphatic heterocycles.